The van der Waals surface area contributed by atoms with Crippen LogP contribution in [0.1, 0.15) is 22.6 Å². The quantitative estimate of drug-likeness (QED) is 0.455. The molecule has 0 unspecified atom stereocenters. The van der Waals surface area contributed by atoms with Gasteiger partial charge in [0.15, 0.2) is 0 Å². The number of rotatable bonds is 3. The molecule has 1 N–H and O–H groups in total. The molecule has 0 aromatic rings. The zero-order chi connectivity index (χ0) is 6.57. The van der Waals surface area contributed by atoms with E-state index in [-0.39, 0.29) is 32.3 Å². The van der Waals surface area contributed by atoms with Crippen molar-refractivity contribution in [1.82, 2.24) is 0 Å². The van der Waals surface area contributed by atoms with E-state index >= 15 is 0 Å². The molecule has 0 aromatic carbocycles. The van der Waals surface area contributed by atoms with E-state index in [0.29, 0.717) is 6.42 Å². The summed E-state index contributed by atoms with van der Waals surface area (Å²) in [5.74, 6) is -2.03. The maximum atomic E-state index is 10.1. The number of hydrogen-bond donors (Lipinski definition) is 1. The molecule has 0 aromatic heterocycles. The van der Waals surface area contributed by atoms with E-state index < -0.39 is 11.8 Å². The summed E-state index contributed by atoms with van der Waals surface area (Å²) in [6.45, 7) is 1.76. The van der Waals surface area contributed by atoms with Crippen LogP contribution in [-0.4, -0.2) is 39.9 Å². The van der Waals surface area contributed by atoms with Crippen molar-refractivity contribution in [2.24, 2.45) is 0 Å². The Morgan fingerprint density at radius 1 is 1.56 bits per heavy atom. The third-order valence-electron chi connectivity index (χ3n) is 0.716. The molecular weight excluding hydrogens is 132 g/mol. The number of carboxylic acid groups (broad SMARTS) is 1. The van der Waals surface area contributed by atoms with E-state index in [4.69, 9.17) is 5.11 Å². The molecule has 0 heterocycles. The van der Waals surface area contributed by atoms with Gasteiger partial charge in [0.25, 0.3) is 0 Å². The van der Waals surface area contributed by atoms with Gasteiger partial charge >= 0.3 is 29.0 Å². The Hall–Kier alpha value is -0.0938. The van der Waals surface area contributed by atoms with Crippen LogP contribution in [0.15, 0.2) is 0 Å². The number of Topliss-reactive ketones (excluding diaryl/α,β-unsaturated/α-hetero) is 1. The van der Waals surface area contributed by atoms with E-state index in [9.17, 15) is 9.59 Å². The number of carbonyl (C=O) groups excluding carboxylic acids is 1. The molecule has 0 aliphatic heterocycles. The second-order valence-corrected chi connectivity index (χ2v) is 1.48. The van der Waals surface area contributed by atoms with Crippen LogP contribution in [0, 0.1) is 0 Å². The van der Waals surface area contributed by atoms with Gasteiger partial charge < -0.3 is 7.96 Å². The van der Waals surface area contributed by atoms with Crippen molar-refractivity contribution in [2.45, 2.75) is 19.8 Å². The Morgan fingerprint density at radius 3 is 2.11 bits per heavy atom. The van der Waals surface area contributed by atoms with E-state index in [1.165, 1.54) is 0 Å². The fourth-order valence-corrected chi connectivity index (χ4v) is 0.334. The minimum absolute atomic E-state index is 0. The van der Waals surface area contributed by atoms with Crippen LogP contribution in [0.4, 0.5) is 0 Å². The summed E-state index contributed by atoms with van der Waals surface area (Å²) in [6, 6.07) is 0. The molecule has 0 saturated carbocycles. The average molecular weight is 142 g/mol. The number of aliphatic carboxylic acids is 1. The summed E-state index contributed by atoms with van der Waals surface area (Å²) >= 11 is 0. The summed E-state index contributed by atoms with van der Waals surface area (Å²) < 4.78 is 0. The van der Waals surface area contributed by atoms with Crippen molar-refractivity contribution in [2.75, 3.05) is 0 Å². The molecule has 0 fully saturated rings. The maximum Gasteiger partial charge on any atom is 2.00 e. The van der Waals surface area contributed by atoms with Crippen molar-refractivity contribution in [3.63, 3.8) is 0 Å². The number of carboxylic acids is 1. The summed E-state index contributed by atoms with van der Waals surface area (Å²) in [6.07, 6.45) is 0.750. The Morgan fingerprint density at radius 2 is 2.00 bits per heavy atom. The van der Waals surface area contributed by atoms with Crippen molar-refractivity contribution >= 4 is 34.8 Å². The predicted molar refractivity (Wildman–Crippen MR) is 35.5 cm³/mol. The molecule has 0 bridgehead atoms. The van der Waals surface area contributed by atoms with Crippen LogP contribution in [-0.2, 0) is 9.59 Å². The van der Waals surface area contributed by atoms with Gasteiger partial charge in [-0.2, -0.15) is 0 Å². The molecule has 9 heavy (non-hydrogen) atoms. The first-order chi connectivity index (χ1) is 3.68. The molecule has 0 rings (SSSR count). The van der Waals surface area contributed by atoms with E-state index in [1.807, 2.05) is 0 Å². The molecule has 0 saturated heterocycles. The van der Waals surface area contributed by atoms with Gasteiger partial charge in [0.05, 0.1) is 0 Å². The van der Waals surface area contributed by atoms with Crippen LogP contribution in [0.2, 0.25) is 0 Å². The maximum absolute atomic E-state index is 10.1. The predicted octanol–water partition coefficient (Wildman–Crippen LogP) is 0.284. The van der Waals surface area contributed by atoms with Crippen LogP contribution < -0.4 is 0 Å². The standard InChI is InChI=1S/C5H8O3.Mg.2H/c1-2-3-4(6)5(7)8;;;/h2-3H2,1H3,(H,7,8);;;/q;+2;2*-1. The van der Waals surface area contributed by atoms with Crippen LogP contribution in [0.5, 0.6) is 0 Å². The van der Waals surface area contributed by atoms with Crippen LogP contribution in [0.3, 0.4) is 0 Å². The van der Waals surface area contributed by atoms with Gasteiger partial charge in [-0.15, -0.1) is 0 Å². The van der Waals surface area contributed by atoms with Gasteiger partial charge in [0, 0.05) is 6.42 Å². The van der Waals surface area contributed by atoms with Gasteiger partial charge in [-0.3, -0.25) is 4.79 Å². The normalized spacial score (nSPS) is 7.67. The second kappa shape index (κ2) is 6.03. The summed E-state index contributed by atoms with van der Waals surface area (Å²) in [7, 11) is 0. The van der Waals surface area contributed by atoms with Crippen LogP contribution in [0.25, 0.3) is 0 Å². The fourth-order valence-electron chi connectivity index (χ4n) is 0.334. The first kappa shape index (κ1) is 11.7. The van der Waals surface area contributed by atoms with E-state index in [1.54, 1.807) is 6.92 Å². The zero-order valence-electron chi connectivity index (χ0n) is 7.39. The Labute approximate surface area is 72.6 Å². The minimum Gasteiger partial charge on any atom is -1.00 e. The van der Waals surface area contributed by atoms with E-state index in [2.05, 4.69) is 0 Å². The minimum atomic E-state index is -1.33. The molecule has 0 amide bonds. The molecule has 0 spiro atoms. The number of ketones is 1. The summed E-state index contributed by atoms with van der Waals surface area (Å²) in [4.78, 5) is 19.9. The van der Waals surface area contributed by atoms with Gasteiger partial charge in [0.2, 0.25) is 5.78 Å². The molecule has 0 aliphatic rings. The molecule has 4 heteroatoms. The summed E-state index contributed by atoms with van der Waals surface area (Å²) in [5.41, 5.74) is 0. The Kier molecular flexibility index (Phi) is 7.82. The number of carbonyl (C=O) groups is 2. The van der Waals surface area contributed by atoms with E-state index in [0.717, 1.165) is 0 Å². The Balaban J connectivity index is -0.0000000817. The fraction of sp³-hybridized carbons (Fsp3) is 0.600. The van der Waals surface area contributed by atoms with Gasteiger partial charge in [-0.25, -0.2) is 4.79 Å². The topological polar surface area (TPSA) is 54.4 Å². The van der Waals surface area contributed by atoms with Gasteiger partial charge in [0.1, 0.15) is 0 Å². The molecule has 0 atom stereocenters. The first-order valence-corrected chi connectivity index (χ1v) is 2.44. The van der Waals surface area contributed by atoms with Crippen LogP contribution >= 0.6 is 0 Å². The second-order valence-electron chi connectivity index (χ2n) is 1.48. The largest absolute Gasteiger partial charge is 2.00 e. The zero-order valence-corrected chi connectivity index (χ0v) is 6.80. The molecule has 0 radical (unpaired) electrons. The molecule has 0 aliphatic carbocycles. The molecular formula is C5H10MgO3. The summed E-state index contributed by atoms with van der Waals surface area (Å²) in [5, 5.41) is 7.96. The molecule has 50 valence electrons. The van der Waals surface area contributed by atoms with Gasteiger partial charge in [-0.05, 0) is 6.42 Å². The SMILES string of the molecule is CCCC(=O)C(=O)O.[H-].[H-].[Mg+2]. The average Bonchev–Trinajstić information content (AvgIpc) is 1.67. The molecule has 3 nitrogen and oxygen atoms in total. The van der Waals surface area contributed by atoms with Crippen molar-refractivity contribution in [3.8, 4) is 0 Å². The van der Waals surface area contributed by atoms with Crippen molar-refractivity contribution < 1.29 is 17.5 Å². The smallest absolute Gasteiger partial charge is 1.00 e. The Bertz CT molecular complexity index is 118. The van der Waals surface area contributed by atoms with Crippen molar-refractivity contribution in [3.05, 3.63) is 0 Å². The number of hydrogen-bond acceptors (Lipinski definition) is 2. The third-order valence-corrected chi connectivity index (χ3v) is 0.716. The third kappa shape index (κ3) is 5.78. The first-order valence-electron chi connectivity index (χ1n) is 2.44. The van der Waals surface area contributed by atoms with Gasteiger partial charge in [-0.1, -0.05) is 6.92 Å². The monoisotopic (exact) mass is 142 g/mol. The van der Waals surface area contributed by atoms with Crippen molar-refractivity contribution in [1.29, 1.82) is 0 Å².